The van der Waals surface area contributed by atoms with Gasteiger partial charge in [0.2, 0.25) is 5.82 Å². The second-order valence-electron chi connectivity index (χ2n) is 7.74. The highest BCUT2D eigenvalue weighted by molar-refractivity contribution is 5.79. The van der Waals surface area contributed by atoms with Crippen molar-refractivity contribution in [2.24, 2.45) is 5.41 Å². The van der Waals surface area contributed by atoms with Crippen LogP contribution in [0.1, 0.15) is 24.8 Å². The van der Waals surface area contributed by atoms with Crippen molar-refractivity contribution in [3.8, 4) is 11.3 Å². The van der Waals surface area contributed by atoms with E-state index in [4.69, 9.17) is 10.5 Å². The number of nitrogen functional groups attached to an aromatic ring is 1. The minimum Gasteiger partial charge on any atom is -0.384 e. The number of rotatable bonds is 7. The van der Waals surface area contributed by atoms with Gasteiger partial charge in [-0.3, -0.25) is 10.1 Å². The van der Waals surface area contributed by atoms with Gasteiger partial charge in [-0.05, 0) is 31.0 Å². The quantitative estimate of drug-likeness (QED) is 0.519. The fourth-order valence-electron chi connectivity index (χ4n) is 3.94. The molecular formula is C20H23F3N4O3. The van der Waals surface area contributed by atoms with Crippen molar-refractivity contribution in [3.63, 3.8) is 0 Å². The predicted molar refractivity (Wildman–Crippen MR) is 107 cm³/mol. The number of nitrogens with two attached hydrogens (primary N) is 1. The molecule has 30 heavy (non-hydrogen) atoms. The van der Waals surface area contributed by atoms with Gasteiger partial charge in [-0.1, -0.05) is 18.6 Å². The van der Waals surface area contributed by atoms with Crippen LogP contribution in [0.25, 0.3) is 11.3 Å². The van der Waals surface area contributed by atoms with Crippen molar-refractivity contribution >= 4 is 17.2 Å². The van der Waals surface area contributed by atoms with E-state index in [1.165, 1.54) is 18.2 Å². The van der Waals surface area contributed by atoms with Gasteiger partial charge in [-0.15, -0.1) is 0 Å². The lowest BCUT2D eigenvalue weighted by Gasteiger charge is -2.44. The van der Waals surface area contributed by atoms with Gasteiger partial charge < -0.3 is 15.4 Å². The highest BCUT2D eigenvalue weighted by Crippen LogP contribution is 2.44. The molecular weight excluding hydrogens is 401 g/mol. The van der Waals surface area contributed by atoms with Crippen molar-refractivity contribution in [1.82, 2.24) is 4.98 Å². The molecule has 2 aromatic rings. The van der Waals surface area contributed by atoms with Crippen LogP contribution in [0.2, 0.25) is 0 Å². The Bertz CT molecular complexity index is 945. The molecule has 7 nitrogen and oxygen atoms in total. The van der Waals surface area contributed by atoms with Crippen molar-refractivity contribution in [1.29, 1.82) is 0 Å². The Morgan fingerprint density at radius 3 is 2.57 bits per heavy atom. The summed E-state index contributed by atoms with van der Waals surface area (Å²) >= 11 is 0. The molecule has 0 atom stereocenters. The van der Waals surface area contributed by atoms with Gasteiger partial charge in [0, 0.05) is 31.7 Å². The Morgan fingerprint density at radius 1 is 1.33 bits per heavy atom. The molecule has 0 spiro atoms. The van der Waals surface area contributed by atoms with E-state index >= 15 is 0 Å². The number of nitro groups is 1. The maximum absolute atomic E-state index is 13.1. The fourth-order valence-corrected chi connectivity index (χ4v) is 3.94. The zero-order valence-electron chi connectivity index (χ0n) is 16.7. The second-order valence-corrected chi connectivity index (χ2v) is 7.74. The Morgan fingerprint density at radius 2 is 2.03 bits per heavy atom. The van der Waals surface area contributed by atoms with Crippen molar-refractivity contribution in [2.45, 2.75) is 25.4 Å². The van der Waals surface area contributed by atoms with Crippen molar-refractivity contribution in [3.05, 3.63) is 46.0 Å². The molecule has 0 aliphatic heterocycles. The van der Waals surface area contributed by atoms with Crippen LogP contribution in [-0.4, -0.2) is 37.2 Å². The maximum Gasteiger partial charge on any atom is 0.416 e. The maximum atomic E-state index is 13.1. The van der Waals surface area contributed by atoms with Crippen LogP contribution in [0.4, 0.5) is 30.4 Å². The number of benzene rings is 1. The molecule has 1 aliphatic carbocycles. The van der Waals surface area contributed by atoms with Gasteiger partial charge in [0.25, 0.3) is 0 Å². The fraction of sp³-hybridized carbons (Fsp3) is 0.450. The lowest BCUT2D eigenvalue weighted by molar-refractivity contribution is -0.383. The molecule has 0 bridgehead atoms. The molecule has 0 unspecified atom stereocenters. The number of pyridine rings is 1. The van der Waals surface area contributed by atoms with Crippen molar-refractivity contribution in [2.75, 3.05) is 37.9 Å². The topological polar surface area (TPSA) is 94.5 Å². The van der Waals surface area contributed by atoms with Crippen molar-refractivity contribution < 1.29 is 22.8 Å². The Kier molecular flexibility index (Phi) is 5.89. The summed E-state index contributed by atoms with van der Waals surface area (Å²) in [7, 11) is 3.31. The number of hydrogen-bond donors (Lipinski definition) is 1. The normalized spacial score (nSPS) is 15.5. The molecule has 1 aromatic heterocycles. The summed E-state index contributed by atoms with van der Waals surface area (Å²) in [5.74, 6) is -0.342. The summed E-state index contributed by atoms with van der Waals surface area (Å²) in [6.07, 6.45) is -1.61. The summed E-state index contributed by atoms with van der Waals surface area (Å²) in [6, 6.07) is 6.06. The minimum absolute atomic E-state index is 0.119. The first-order valence-corrected chi connectivity index (χ1v) is 9.39. The van der Waals surface area contributed by atoms with Gasteiger partial charge in [0.15, 0.2) is 0 Å². The van der Waals surface area contributed by atoms with Gasteiger partial charge in [-0.2, -0.15) is 13.2 Å². The smallest absolute Gasteiger partial charge is 0.384 e. The summed E-state index contributed by atoms with van der Waals surface area (Å²) in [6.45, 7) is 1.01. The molecule has 3 rings (SSSR count). The highest BCUT2D eigenvalue weighted by atomic mass is 19.4. The number of aromatic nitrogens is 1. The highest BCUT2D eigenvalue weighted by Gasteiger charge is 2.39. The molecule has 0 saturated heterocycles. The van der Waals surface area contributed by atoms with Crippen LogP contribution in [-0.2, 0) is 10.9 Å². The van der Waals surface area contributed by atoms with E-state index in [1.807, 2.05) is 0 Å². The van der Waals surface area contributed by atoms with E-state index in [1.54, 1.807) is 19.1 Å². The number of ether oxygens (including phenoxy) is 1. The number of methoxy groups -OCH3 is 1. The average molecular weight is 424 g/mol. The molecule has 1 heterocycles. The number of nitrogens with zero attached hydrogens (tertiary/aromatic N) is 3. The van der Waals surface area contributed by atoms with E-state index in [-0.39, 0.29) is 33.9 Å². The predicted octanol–water partition coefficient (Wildman–Crippen LogP) is 4.51. The van der Waals surface area contributed by atoms with E-state index in [2.05, 4.69) is 4.98 Å². The summed E-state index contributed by atoms with van der Waals surface area (Å²) < 4.78 is 44.6. The van der Waals surface area contributed by atoms with Crippen LogP contribution in [0, 0.1) is 15.5 Å². The van der Waals surface area contributed by atoms with Crippen LogP contribution < -0.4 is 10.6 Å². The molecule has 0 amide bonds. The molecule has 2 N–H and O–H groups in total. The molecule has 10 heteroatoms. The van der Waals surface area contributed by atoms with Crippen LogP contribution in [0.15, 0.2) is 30.3 Å². The van der Waals surface area contributed by atoms with Crippen LogP contribution in [0.3, 0.4) is 0 Å². The standard InChI is InChI=1S/C20H23F3N4O3/c1-26(11-19(12-30-2)7-4-8-19)16-10-15(25-18(24)17(16)27(28)29)13-5-3-6-14(9-13)20(21,22)23/h3,5-6,9-10H,4,7-8,11-12H2,1-2H3,(H2,24,25). The Labute approximate surface area is 171 Å². The largest absolute Gasteiger partial charge is 0.416 e. The summed E-state index contributed by atoms with van der Waals surface area (Å²) in [5, 5.41) is 11.6. The third kappa shape index (κ3) is 4.33. The Hall–Kier alpha value is -2.88. The number of anilines is 2. The number of alkyl halides is 3. The minimum atomic E-state index is -4.52. The third-order valence-electron chi connectivity index (χ3n) is 5.52. The first-order chi connectivity index (χ1) is 14.1. The molecule has 162 valence electrons. The third-order valence-corrected chi connectivity index (χ3v) is 5.52. The lowest BCUT2D eigenvalue weighted by atomic mass is 9.69. The van der Waals surface area contributed by atoms with Gasteiger partial charge in [0.1, 0.15) is 5.69 Å². The summed E-state index contributed by atoms with van der Waals surface area (Å²) in [4.78, 5) is 16.8. The first-order valence-electron chi connectivity index (χ1n) is 9.39. The van der Waals surface area contributed by atoms with E-state index < -0.39 is 16.7 Å². The number of halogens is 3. The van der Waals surface area contributed by atoms with Gasteiger partial charge >= 0.3 is 11.9 Å². The Balaban J connectivity index is 2.04. The van der Waals surface area contributed by atoms with E-state index in [9.17, 15) is 23.3 Å². The van der Waals surface area contributed by atoms with Gasteiger partial charge in [0.05, 0.1) is 22.8 Å². The monoisotopic (exact) mass is 424 g/mol. The second kappa shape index (κ2) is 8.10. The van der Waals surface area contributed by atoms with E-state index in [0.717, 1.165) is 31.4 Å². The van der Waals surface area contributed by atoms with Gasteiger partial charge in [-0.25, -0.2) is 4.98 Å². The molecule has 1 aliphatic rings. The van der Waals surface area contributed by atoms with Crippen LogP contribution >= 0.6 is 0 Å². The lowest BCUT2D eigenvalue weighted by Crippen LogP contribution is -2.44. The molecule has 0 radical (unpaired) electrons. The first kappa shape index (κ1) is 21.8. The molecule has 1 fully saturated rings. The zero-order chi connectivity index (χ0) is 22.1. The zero-order valence-corrected chi connectivity index (χ0v) is 16.7. The molecule has 1 aromatic carbocycles. The van der Waals surface area contributed by atoms with E-state index in [0.29, 0.717) is 13.2 Å². The summed E-state index contributed by atoms with van der Waals surface area (Å²) in [5.41, 5.74) is 5.08. The number of hydrogen-bond acceptors (Lipinski definition) is 6. The van der Waals surface area contributed by atoms with Crippen LogP contribution in [0.5, 0.6) is 0 Å². The SMILES string of the molecule is COCC1(CN(C)c2cc(-c3cccc(C(F)(F)F)c3)nc(N)c2[N+](=O)[O-])CCC1. The average Bonchev–Trinajstić information content (AvgIpc) is 2.64. The molecule has 1 saturated carbocycles.